The highest BCUT2D eigenvalue weighted by Crippen LogP contribution is 2.19. The van der Waals surface area contributed by atoms with Crippen molar-refractivity contribution < 1.29 is 9.53 Å². The normalized spacial score (nSPS) is 18.1. The third kappa shape index (κ3) is 4.20. The van der Waals surface area contributed by atoms with Crippen molar-refractivity contribution in [1.29, 1.82) is 0 Å². The summed E-state index contributed by atoms with van der Waals surface area (Å²) in [5, 5.41) is 7.37. The first-order chi connectivity index (χ1) is 12.2. The summed E-state index contributed by atoms with van der Waals surface area (Å²) in [6.45, 7) is 4.85. The Morgan fingerprint density at radius 1 is 1.32 bits per heavy atom. The van der Waals surface area contributed by atoms with Crippen LogP contribution in [0, 0.1) is 0 Å². The monoisotopic (exact) mass is 342 g/mol. The molecule has 1 aliphatic heterocycles. The van der Waals surface area contributed by atoms with E-state index in [-0.39, 0.29) is 5.91 Å². The predicted molar refractivity (Wildman–Crippen MR) is 97.3 cm³/mol. The molecular weight excluding hydrogens is 316 g/mol. The average molecular weight is 342 g/mol. The smallest absolute Gasteiger partial charge is 0.275 e. The molecule has 1 unspecified atom stereocenters. The van der Waals surface area contributed by atoms with Crippen molar-refractivity contribution in [2.75, 3.05) is 26.7 Å². The van der Waals surface area contributed by atoms with Crippen molar-refractivity contribution in [1.82, 2.24) is 20.0 Å². The molecule has 2 aromatic rings. The average Bonchev–Trinajstić information content (AvgIpc) is 3.08. The fourth-order valence-electron chi connectivity index (χ4n) is 3.26. The van der Waals surface area contributed by atoms with E-state index >= 15 is 0 Å². The van der Waals surface area contributed by atoms with Crippen molar-refractivity contribution in [3.63, 3.8) is 0 Å². The third-order valence-corrected chi connectivity index (χ3v) is 4.76. The van der Waals surface area contributed by atoms with Gasteiger partial charge in [0.2, 0.25) is 0 Å². The molecule has 6 heteroatoms. The maximum Gasteiger partial charge on any atom is 0.275 e. The Kier molecular flexibility index (Phi) is 5.71. The van der Waals surface area contributed by atoms with Crippen LogP contribution >= 0.6 is 0 Å². The van der Waals surface area contributed by atoms with Gasteiger partial charge in [-0.15, -0.1) is 0 Å². The number of likely N-dealkylation sites (tertiary alicyclic amines) is 1. The number of aromatic nitrogens is 2. The van der Waals surface area contributed by atoms with Crippen molar-refractivity contribution in [3.05, 3.63) is 42.2 Å². The van der Waals surface area contributed by atoms with Gasteiger partial charge in [-0.1, -0.05) is 24.6 Å². The lowest BCUT2D eigenvalue weighted by Gasteiger charge is -2.33. The number of rotatable bonds is 6. The van der Waals surface area contributed by atoms with Gasteiger partial charge in [-0.05, 0) is 38.4 Å². The summed E-state index contributed by atoms with van der Waals surface area (Å²) in [5.41, 5.74) is 1.21. The molecule has 134 valence electrons. The van der Waals surface area contributed by atoms with Crippen LogP contribution in [-0.2, 0) is 0 Å². The van der Waals surface area contributed by atoms with Crippen LogP contribution in [-0.4, -0.2) is 53.4 Å². The Bertz CT molecular complexity index is 699. The number of carbonyl (C=O) groups is 1. The Labute approximate surface area is 148 Å². The molecule has 0 spiro atoms. The molecule has 2 heterocycles. The van der Waals surface area contributed by atoms with E-state index in [1.54, 1.807) is 18.0 Å². The van der Waals surface area contributed by atoms with Gasteiger partial charge in [0.1, 0.15) is 0 Å². The second-order valence-electron chi connectivity index (χ2n) is 6.46. The van der Waals surface area contributed by atoms with Gasteiger partial charge in [0.05, 0.1) is 19.0 Å². The van der Waals surface area contributed by atoms with E-state index < -0.39 is 0 Å². The number of carbonyl (C=O) groups excluding carboxylic acids is 1. The third-order valence-electron chi connectivity index (χ3n) is 4.76. The van der Waals surface area contributed by atoms with Crippen LogP contribution < -0.4 is 10.1 Å². The largest absolute Gasteiger partial charge is 0.493 e. The summed E-state index contributed by atoms with van der Waals surface area (Å²) in [6.07, 6.45) is 5.52. The van der Waals surface area contributed by atoms with E-state index in [0.717, 1.165) is 18.8 Å². The minimum atomic E-state index is -0.198. The Balaban J connectivity index is 1.62. The molecule has 1 aromatic heterocycles. The van der Waals surface area contributed by atoms with Crippen LogP contribution in [0.3, 0.4) is 0 Å². The van der Waals surface area contributed by atoms with Crippen LogP contribution in [0.1, 0.15) is 36.7 Å². The highest BCUT2D eigenvalue weighted by Gasteiger charge is 2.20. The number of nitrogens with zero attached hydrogens (tertiary/aromatic N) is 3. The van der Waals surface area contributed by atoms with Gasteiger partial charge in [0.15, 0.2) is 11.4 Å². The van der Waals surface area contributed by atoms with Gasteiger partial charge in [-0.25, -0.2) is 4.68 Å². The molecule has 1 aromatic carbocycles. The zero-order valence-electron chi connectivity index (χ0n) is 14.9. The fourth-order valence-corrected chi connectivity index (χ4v) is 3.26. The molecule has 0 bridgehead atoms. The van der Waals surface area contributed by atoms with Crippen molar-refractivity contribution in [2.45, 2.75) is 32.2 Å². The van der Waals surface area contributed by atoms with Gasteiger partial charge < -0.3 is 10.1 Å². The van der Waals surface area contributed by atoms with Crippen LogP contribution in [0.2, 0.25) is 0 Å². The van der Waals surface area contributed by atoms with Crippen LogP contribution in [0.5, 0.6) is 5.75 Å². The van der Waals surface area contributed by atoms with Gasteiger partial charge in [0, 0.05) is 19.1 Å². The van der Waals surface area contributed by atoms with E-state index in [1.807, 2.05) is 30.3 Å². The van der Waals surface area contributed by atoms with Crippen molar-refractivity contribution >= 4 is 5.91 Å². The second kappa shape index (κ2) is 8.16. The molecule has 1 N–H and O–H groups in total. The summed E-state index contributed by atoms with van der Waals surface area (Å²) in [5.74, 6) is 0.281. The van der Waals surface area contributed by atoms with Gasteiger partial charge >= 0.3 is 0 Å². The molecule has 0 saturated carbocycles. The summed E-state index contributed by atoms with van der Waals surface area (Å²) >= 11 is 0. The van der Waals surface area contributed by atoms with E-state index in [1.165, 1.54) is 19.3 Å². The number of benzene rings is 1. The van der Waals surface area contributed by atoms with Crippen molar-refractivity contribution in [2.24, 2.45) is 0 Å². The SMILES string of the molecule is COc1cn(-c2ccccc2)nc1C(=O)NCCN1CCCCC1C. The van der Waals surface area contributed by atoms with Gasteiger partial charge in [0.25, 0.3) is 5.91 Å². The maximum atomic E-state index is 12.5. The Hall–Kier alpha value is -2.34. The zero-order valence-corrected chi connectivity index (χ0v) is 14.9. The molecule has 6 nitrogen and oxygen atoms in total. The maximum absolute atomic E-state index is 12.5. The molecule has 1 fully saturated rings. The summed E-state index contributed by atoms with van der Waals surface area (Å²) in [6, 6.07) is 10.3. The number of amides is 1. The Morgan fingerprint density at radius 2 is 2.12 bits per heavy atom. The number of piperidine rings is 1. The minimum Gasteiger partial charge on any atom is -0.493 e. The molecular formula is C19H26N4O2. The quantitative estimate of drug-likeness (QED) is 0.876. The number of ether oxygens (including phenoxy) is 1. The minimum absolute atomic E-state index is 0.198. The molecule has 1 saturated heterocycles. The highest BCUT2D eigenvalue weighted by molar-refractivity contribution is 5.94. The topological polar surface area (TPSA) is 59.4 Å². The fraction of sp³-hybridized carbons (Fsp3) is 0.474. The van der Waals surface area contributed by atoms with Crippen molar-refractivity contribution in [3.8, 4) is 11.4 Å². The van der Waals surface area contributed by atoms with Gasteiger partial charge in [-0.3, -0.25) is 9.69 Å². The lowest BCUT2D eigenvalue weighted by molar-refractivity contribution is 0.0930. The van der Waals surface area contributed by atoms with E-state index in [9.17, 15) is 4.79 Å². The first-order valence-electron chi connectivity index (χ1n) is 8.90. The number of hydrogen-bond acceptors (Lipinski definition) is 4. The summed E-state index contributed by atoms with van der Waals surface area (Å²) < 4.78 is 6.99. The number of hydrogen-bond donors (Lipinski definition) is 1. The van der Waals surface area contributed by atoms with Crippen LogP contribution in [0.15, 0.2) is 36.5 Å². The molecule has 1 aliphatic rings. The van der Waals surface area contributed by atoms with Crippen LogP contribution in [0.25, 0.3) is 5.69 Å². The highest BCUT2D eigenvalue weighted by atomic mass is 16.5. The second-order valence-corrected chi connectivity index (χ2v) is 6.46. The van der Waals surface area contributed by atoms with E-state index in [2.05, 4.69) is 22.2 Å². The molecule has 3 rings (SSSR count). The summed E-state index contributed by atoms with van der Waals surface area (Å²) in [7, 11) is 1.55. The van der Waals surface area contributed by atoms with E-state index in [0.29, 0.717) is 24.0 Å². The predicted octanol–water partition coefficient (Wildman–Crippen LogP) is 2.49. The number of para-hydroxylation sites is 1. The molecule has 1 atom stereocenters. The molecule has 25 heavy (non-hydrogen) atoms. The number of nitrogens with one attached hydrogen (secondary N) is 1. The first kappa shape index (κ1) is 17.5. The lowest BCUT2D eigenvalue weighted by Crippen LogP contribution is -2.42. The zero-order chi connectivity index (χ0) is 17.6. The summed E-state index contributed by atoms with van der Waals surface area (Å²) in [4.78, 5) is 14.9. The molecule has 1 amide bonds. The van der Waals surface area contributed by atoms with E-state index in [4.69, 9.17) is 4.74 Å². The van der Waals surface area contributed by atoms with Crippen LogP contribution in [0.4, 0.5) is 0 Å². The molecule has 0 aliphatic carbocycles. The first-order valence-corrected chi connectivity index (χ1v) is 8.90. The standard InChI is InChI=1S/C19H26N4O2/c1-15-8-6-7-12-22(15)13-11-20-19(24)18-17(25-2)14-23(21-18)16-9-4-3-5-10-16/h3-5,9-10,14-15H,6-8,11-13H2,1-2H3,(H,20,24). The molecule has 0 radical (unpaired) electrons. The lowest BCUT2D eigenvalue weighted by atomic mass is 10.0. The number of methoxy groups -OCH3 is 1. The van der Waals surface area contributed by atoms with Gasteiger partial charge in [-0.2, -0.15) is 5.10 Å². The Morgan fingerprint density at radius 3 is 2.84 bits per heavy atom.